The molecule has 1 heterocycles. The smallest absolute Gasteiger partial charge is 0.237 e. The van der Waals surface area contributed by atoms with Crippen molar-refractivity contribution < 1.29 is 14.9 Å². The van der Waals surface area contributed by atoms with Gasteiger partial charge in [0.15, 0.2) is 6.23 Å². The van der Waals surface area contributed by atoms with Crippen LogP contribution in [0.5, 0.6) is 0 Å². The molecular formula is C7H14N2O3. The normalized spacial score (nSPS) is 36.2. The summed E-state index contributed by atoms with van der Waals surface area (Å²) in [6.45, 7) is 3.63. The van der Waals surface area contributed by atoms with Gasteiger partial charge in [-0.25, -0.2) is 4.89 Å². The summed E-state index contributed by atoms with van der Waals surface area (Å²) < 4.78 is 0. The number of piperazine rings is 1. The van der Waals surface area contributed by atoms with Gasteiger partial charge in [-0.05, 0) is 13.3 Å². The van der Waals surface area contributed by atoms with Crippen molar-refractivity contribution in [3.8, 4) is 0 Å². The van der Waals surface area contributed by atoms with E-state index in [1.807, 2.05) is 6.92 Å². The molecule has 3 atom stereocenters. The Labute approximate surface area is 71.0 Å². The Morgan fingerprint density at radius 2 is 2.33 bits per heavy atom. The zero-order chi connectivity index (χ0) is 9.14. The fourth-order valence-electron chi connectivity index (χ4n) is 1.24. The Hall–Kier alpha value is -0.650. The van der Waals surface area contributed by atoms with Crippen LogP contribution in [0.4, 0.5) is 0 Å². The summed E-state index contributed by atoms with van der Waals surface area (Å²) in [6, 6.07) is -0.469. The molecule has 0 aromatic rings. The summed E-state index contributed by atoms with van der Waals surface area (Å²) in [7, 11) is 0. The predicted molar refractivity (Wildman–Crippen MR) is 42.3 cm³/mol. The van der Waals surface area contributed by atoms with Crippen molar-refractivity contribution in [2.45, 2.75) is 38.6 Å². The molecule has 0 saturated carbocycles. The highest BCUT2D eigenvalue weighted by molar-refractivity contribution is 5.82. The average Bonchev–Trinajstić information content (AvgIpc) is 2.09. The third-order valence-corrected chi connectivity index (χ3v) is 2.05. The van der Waals surface area contributed by atoms with Gasteiger partial charge in [-0.3, -0.25) is 15.4 Å². The molecule has 5 nitrogen and oxygen atoms in total. The second-order valence-corrected chi connectivity index (χ2v) is 2.94. The number of carbonyl (C=O) groups excluding carboxylic acids is 1. The van der Waals surface area contributed by atoms with Crippen LogP contribution >= 0.6 is 0 Å². The Kier molecular flexibility index (Phi) is 3.02. The highest BCUT2D eigenvalue weighted by Gasteiger charge is 2.32. The molecule has 1 fully saturated rings. The summed E-state index contributed by atoms with van der Waals surface area (Å²) in [5.74, 6) is -0.0600. The molecule has 0 spiro atoms. The Morgan fingerprint density at radius 1 is 1.67 bits per heavy atom. The van der Waals surface area contributed by atoms with Gasteiger partial charge in [0.1, 0.15) is 0 Å². The van der Waals surface area contributed by atoms with Crippen LogP contribution in [0.2, 0.25) is 0 Å². The monoisotopic (exact) mass is 174 g/mol. The fraction of sp³-hybridized carbons (Fsp3) is 0.857. The summed E-state index contributed by atoms with van der Waals surface area (Å²) in [6.07, 6.45) is 0.221. The molecule has 0 aromatic carbocycles. The summed E-state index contributed by atoms with van der Waals surface area (Å²) in [5.41, 5.74) is 0. The van der Waals surface area contributed by atoms with Crippen LogP contribution in [-0.2, 0) is 9.68 Å². The van der Waals surface area contributed by atoms with Gasteiger partial charge in [0, 0.05) is 0 Å². The molecule has 1 aliphatic heterocycles. The minimum Gasteiger partial charge on any atom is -0.348 e. The molecule has 12 heavy (non-hydrogen) atoms. The van der Waals surface area contributed by atoms with Crippen LogP contribution in [0.3, 0.4) is 0 Å². The van der Waals surface area contributed by atoms with Gasteiger partial charge in [0.05, 0.1) is 12.1 Å². The topological polar surface area (TPSA) is 70.6 Å². The first kappa shape index (κ1) is 9.44. The van der Waals surface area contributed by atoms with Gasteiger partial charge in [-0.15, -0.1) is 0 Å². The van der Waals surface area contributed by atoms with Crippen molar-refractivity contribution in [2.75, 3.05) is 0 Å². The standard InChI is InChI=1S/C7H14N2O3/c1-3-5-7(12-11)8-4(2)6(10)9-5/h4-5,7-8,11H,3H2,1-2H3,(H,9,10). The second-order valence-electron chi connectivity index (χ2n) is 2.94. The Balaban J connectivity index is 2.58. The lowest BCUT2D eigenvalue weighted by Gasteiger charge is -2.33. The van der Waals surface area contributed by atoms with Gasteiger partial charge in [-0.2, -0.15) is 0 Å². The van der Waals surface area contributed by atoms with E-state index in [9.17, 15) is 4.79 Å². The minimum atomic E-state index is -0.498. The number of nitrogens with one attached hydrogen (secondary N) is 2. The molecular weight excluding hydrogens is 160 g/mol. The van der Waals surface area contributed by atoms with Gasteiger partial charge < -0.3 is 5.32 Å². The largest absolute Gasteiger partial charge is 0.348 e. The van der Waals surface area contributed by atoms with E-state index < -0.39 is 6.23 Å². The molecule has 0 radical (unpaired) electrons. The molecule has 70 valence electrons. The second kappa shape index (κ2) is 3.84. The molecule has 5 heteroatoms. The van der Waals surface area contributed by atoms with E-state index >= 15 is 0 Å². The van der Waals surface area contributed by atoms with Gasteiger partial charge in [-0.1, -0.05) is 6.92 Å². The first-order valence-electron chi connectivity index (χ1n) is 4.05. The lowest BCUT2D eigenvalue weighted by molar-refractivity contribution is -0.295. The number of carbonyl (C=O) groups is 1. The zero-order valence-corrected chi connectivity index (χ0v) is 7.20. The molecule has 3 N–H and O–H groups in total. The summed E-state index contributed by atoms with van der Waals surface area (Å²) >= 11 is 0. The van der Waals surface area contributed by atoms with Gasteiger partial charge in [0.2, 0.25) is 5.91 Å². The van der Waals surface area contributed by atoms with E-state index in [1.54, 1.807) is 6.92 Å². The maximum Gasteiger partial charge on any atom is 0.237 e. The van der Waals surface area contributed by atoms with Crippen molar-refractivity contribution in [3.05, 3.63) is 0 Å². The molecule has 1 amide bonds. The number of hydrogen-bond acceptors (Lipinski definition) is 4. The molecule has 1 aliphatic rings. The lowest BCUT2D eigenvalue weighted by Crippen LogP contribution is -2.63. The van der Waals surface area contributed by atoms with Crippen LogP contribution in [0.25, 0.3) is 0 Å². The highest BCUT2D eigenvalue weighted by Crippen LogP contribution is 2.06. The maximum atomic E-state index is 11.1. The van der Waals surface area contributed by atoms with E-state index in [-0.39, 0.29) is 18.0 Å². The van der Waals surface area contributed by atoms with E-state index in [0.717, 1.165) is 6.42 Å². The number of amides is 1. The van der Waals surface area contributed by atoms with Crippen molar-refractivity contribution in [3.63, 3.8) is 0 Å². The van der Waals surface area contributed by atoms with Crippen molar-refractivity contribution in [1.29, 1.82) is 0 Å². The minimum absolute atomic E-state index is 0.0600. The van der Waals surface area contributed by atoms with Gasteiger partial charge in [0.25, 0.3) is 0 Å². The maximum absolute atomic E-state index is 11.1. The van der Waals surface area contributed by atoms with E-state index in [2.05, 4.69) is 15.5 Å². The van der Waals surface area contributed by atoms with E-state index in [4.69, 9.17) is 5.26 Å². The predicted octanol–water partition coefficient (Wildman–Crippen LogP) is -0.311. The quantitative estimate of drug-likeness (QED) is 0.396. The first-order valence-corrected chi connectivity index (χ1v) is 4.05. The van der Waals surface area contributed by atoms with E-state index in [0.29, 0.717) is 0 Å². The molecule has 0 bridgehead atoms. The molecule has 1 rings (SSSR count). The lowest BCUT2D eigenvalue weighted by atomic mass is 10.1. The van der Waals surface area contributed by atoms with Crippen LogP contribution in [0.1, 0.15) is 20.3 Å². The van der Waals surface area contributed by atoms with Crippen LogP contribution in [-0.4, -0.2) is 29.5 Å². The Bertz CT molecular complexity index is 174. The zero-order valence-electron chi connectivity index (χ0n) is 7.20. The molecule has 0 aromatic heterocycles. The van der Waals surface area contributed by atoms with Crippen LogP contribution < -0.4 is 10.6 Å². The third-order valence-electron chi connectivity index (χ3n) is 2.05. The molecule has 3 unspecified atom stereocenters. The van der Waals surface area contributed by atoms with E-state index in [1.165, 1.54) is 0 Å². The van der Waals surface area contributed by atoms with Crippen molar-refractivity contribution in [1.82, 2.24) is 10.6 Å². The van der Waals surface area contributed by atoms with Crippen LogP contribution in [0, 0.1) is 0 Å². The third kappa shape index (κ3) is 1.74. The van der Waals surface area contributed by atoms with Crippen molar-refractivity contribution >= 4 is 5.91 Å². The number of rotatable bonds is 2. The summed E-state index contributed by atoms with van der Waals surface area (Å²) in [4.78, 5) is 15.3. The number of hydrogen-bond donors (Lipinski definition) is 3. The van der Waals surface area contributed by atoms with Gasteiger partial charge >= 0.3 is 0 Å². The fourth-order valence-corrected chi connectivity index (χ4v) is 1.24. The van der Waals surface area contributed by atoms with Crippen molar-refractivity contribution in [2.24, 2.45) is 0 Å². The summed E-state index contributed by atoms with van der Waals surface area (Å²) in [5, 5.41) is 14.0. The highest BCUT2D eigenvalue weighted by atomic mass is 17.1. The molecule has 0 aliphatic carbocycles. The molecule has 1 saturated heterocycles. The van der Waals surface area contributed by atoms with Crippen LogP contribution in [0.15, 0.2) is 0 Å². The first-order chi connectivity index (χ1) is 5.69. The Morgan fingerprint density at radius 3 is 2.83 bits per heavy atom. The SMILES string of the molecule is CCC1NC(=O)C(C)NC1OO. The average molecular weight is 174 g/mol.